The molecule has 0 bridgehead atoms. The molecule has 1 aliphatic heterocycles. The van der Waals surface area contributed by atoms with E-state index in [0.29, 0.717) is 31.8 Å². The number of nitrogens with one attached hydrogen (secondary N) is 1. The number of hydrogen-bond donors (Lipinski definition) is 1. The van der Waals surface area contributed by atoms with Crippen molar-refractivity contribution in [3.05, 3.63) is 47.3 Å². The highest BCUT2D eigenvalue weighted by molar-refractivity contribution is 5.22. The van der Waals surface area contributed by atoms with Gasteiger partial charge in [0.2, 0.25) is 0 Å². The van der Waals surface area contributed by atoms with E-state index in [1.165, 1.54) is 16.8 Å². The highest BCUT2D eigenvalue weighted by Crippen LogP contribution is 2.32. The molecule has 0 amide bonds. The molecule has 4 nitrogen and oxygen atoms in total. The van der Waals surface area contributed by atoms with Crippen LogP contribution in [-0.2, 0) is 31.9 Å². The molecule has 142 valence electrons. The quantitative estimate of drug-likeness (QED) is 0.826. The summed E-state index contributed by atoms with van der Waals surface area (Å²) in [6, 6.07) is 2.20. The second-order valence-corrected chi connectivity index (χ2v) is 6.22. The predicted octanol–water partition coefficient (Wildman–Crippen LogP) is 3.67. The van der Waals surface area contributed by atoms with E-state index in [4.69, 9.17) is 0 Å². The number of nitrogens with zero attached hydrogens (tertiary/aromatic N) is 3. The second kappa shape index (κ2) is 6.90. The standard InChI is InChI=1S/C16H16F6N4/c17-15(18,19)11-2-1-5-24-12(11)7-23-6-10-3-4-14-25-13(16(20,21)22)9-26(14)8-10/h1-2,5,9-10,23H,3-4,6-8H2. The van der Waals surface area contributed by atoms with Crippen LogP contribution in [0.3, 0.4) is 0 Å². The third-order valence-electron chi connectivity index (χ3n) is 4.30. The smallest absolute Gasteiger partial charge is 0.334 e. The Bertz CT molecular complexity index is 765. The topological polar surface area (TPSA) is 42.7 Å². The number of alkyl halides is 6. The number of hydrogen-bond acceptors (Lipinski definition) is 3. The lowest BCUT2D eigenvalue weighted by Gasteiger charge is -2.24. The Kier molecular flexibility index (Phi) is 4.96. The van der Waals surface area contributed by atoms with Crippen LogP contribution in [0.5, 0.6) is 0 Å². The summed E-state index contributed by atoms with van der Waals surface area (Å²) in [6.07, 6.45) is -5.65. The van der Waals surface area contributed by atoms with Crippen molar-refractivity contribution in [1.82, 2.24) is 19.9 Å². The van der Waals surface area contributed by atoms with Crippen LogP contribution in [-0.4, -0.2) is 21.1 Å². The Balaban J connectivity index is 1.58. The third-order valence-corrected chi connectivity index (χ3v) is 4.30. The van der Waals surface area contributed by atoms with E-state index in [2.05, 4.69) is 15.3 Å². The van der Waals surface area contributed by atoms with Gasteiger partial charge in [-0.25, -0.2) is 4.98 Å². The first-order chi connectivity index (χ1) is 12.1. The van der Waals surface area contributed by atoms with Gasteiger partial charge in [-0.05, 0) is 24.5 Å². The molecule has 26 heavy (non-hydrogen) atoms. The van der Waals surface area contributed by atoms with Crippen molar-refractivity contribution in [1.29, 1.82) is 0 Å². The fourth-order valence-electron chi connectivity index (χ4n) is 3.05. The summed E-state index contributed by atoms with van der Waals surface area (Å²) in [4.78, 5) is 7.38. The molecule has 1 unspecified atom stereocenters. The van der Waals surface area contributed by atoms with Crippen LogP contribution in [0.2, 0.25) is 0 Å². The van der Waals surface area contributed by atoms with Crippen LogP contribution < -0.4 is 5.32 Å². The molecule has 0 spiro atoms. The summed E-state index contributed by atoms with van der Waals surface area (Å²) >= 11 is 0. The van der Waals surface area contributed by atoms with Crippen molar-refractivity contribution in [2.45, 2.75) is 38.3 Å². The van der Waals surface area contributed by atoms with E-state index >= 15 is 0 Å². The number of rotatable bonds is 4. The molecule has 3 heterocycles. The van der Waals surface area contributed by atoms with Gasteiger partial charge in [0.25, 0.3) is 0 Å². The lowest BCUT2D eigenvalue weighted by molar-refractivity contribution is -0.141. The summed E-state index contributed by atoms with van der Waals surface area (Å²) in [5.41, 5.74) is -1.80. The summed E-state index contributed by atoms with van der Waals surface area (Å²) in [5.74, 6) is 0.397. The van der Waals surface area contributed by atoms with Gasteiger partial charge in [0.15, 0.2) is 5.69 Å². The van der Waals surface area contributed by atoms with Gasteiger partial charge in [-0.2, -0.15) is 26.3 Å². The zero-order valence-corrected chi connectivity index (χ0v) is 13.5. The minimum atomic E-state index is -4.48. The molecule has 3 rings (SSSR count). The number of aromatic nitrogens is 3. The van der Waals surface area contributed by atoms with E-state index in [1.807, 2.05) is 0 Å². The average molecular weight is 378 g/mol. The highest BCUT2D eigenvalue weighted by atomic mass is 19.4. The molecule has 0 radical (unpaired) electrons. The van der Waals surface area contributed by atoms with Crippen molar-refractivity contribution in [2.75, 3.05) is 6.54 Å². The van der Waals surface area contributed by atoms with Gasteiger partial charge in [-0.1, -0.05) is 0 Å². The zero-order chi connectivity index (χ0) is 18.9. The van der Waals surface area contributed by atoms with Gasteiger partial charge < -0.3 is 9.88 Å². The Morgan fingerprint density at radius 1 is 1.15 bits per heavy atom. The first kappa shape index (κ1) is 18.7. The number of halogens is 6. The number of imidazole rings is 1. The predicted molar refractivity (Wildman–Crippen MR) is 80.0 cm³/mol. The lowest BCUT2D eigenvalue weighted by atomic mass is 9.99. The number of aryl methyl sites for hydroxylation is 1. The molecule has 0 saturated heterocycles. The summed E-state index contributed by atoms with van der Waals surface area (Å²) in [5, 5.41) is 2.93. The van der Waals surface area contributed by atoms with Crippen LogP contribution >= 0.6 is 0 Å². The summed E-state index contributed by atoms with van der Waals surface area (Å²) in [7, 11) is 0. The Morgan fingerprint density at radius 2 is 1.92 bits per heavy atom. The van der Waals surface area contributed by atoms with E-state index in [0.717, 1.165) is 12.3 Å². The van der Waals surface area contributed by atoms with Crippen molar-refractivity contribution in [3.8, 4) is 0 Å². The maximum atomic E-state index is 12.9. The first-order valence-corrected chi connectivity index (χ1v) is 7.99. The summed E-state index contributed by atoms with van der Waals surface area (Å²) < 4.78 is 78.4. The highest BCUT2D eigenvalue weighted by Gasteiger charge is 2.36. The maximum absolute atomic E-state index is 12.9. The van der Waals surface area contributed by atoms with Crippen molar-refractivity contribution in [3.63, 3.8) is 0 Å². The molecule has 1 atom stereocenters. The average Bonchev–Trinajstić information content (AvgIpc) is 2.98. The normalized spacial score (nSPS) is 18.0. The Morgan fingerprint density at radius 3 is 2.62 bits per heavy atom. The molecular formula is C16H16F6N4. The molecule has 1 N–H and O–H groups in total. The Hall–Kier alpha value is -2.10. The van der Waals surface area contributed by atoms with Gasteiger partial charge in [0.05, 0.1) is 11.3 Å². The molecular weight excluding hydrogens is 362 g/mol. The molecule has 10 heteroatoms. The van der Waals surface area contributed by atoms with Crippen LogP contribution in [0, 0.1) is 5.92 Å². The number of fused-ring (bicyclic) bond motifs is 1. The van der Waals surface area contributed by atoms with E-state index < -0.39 is 23.6 Å². The molecule has 2 aromatic rings. The second-order valence-electron chi connectivity index (χ2n) is 6.22. The minimum absolute atomic E-state index is 0.0100. The first-order valence-electron chi connectivity index (χ1n) is 7.99. The van der Waals surface area contributed by atoms with E-state index in [1.54, 1.807) is 0 Å². The van der Waals surface area contributed by atoms with Crippen LogP contribution in [0.25, 0.3) is 0 Å². The fraction of sp³-hybridized carbons (Fsp3) is 0.500. The van der Waals surface area contributed by atoms with Gasteiger partial charge in [-0.3, -0.25) is 4.98 Å². The van der Waals surface area contributed by atoms with Crippen molar-refractivity contribution in [2.24, 2.45) is 5.92 Å². The molecule has 0 aliphatic carbocycles. The lowest BCUT2D eigenvalue weighted by Crippen LogP contribution is -2.30. The molecule has 0 aromatic carbocycles. The molecule has 2 aromatic heterocycles. The number of pyridine rings is 1. The van der Waals surface area contributed by atoms with Crippen LogP contribution in [0.15, 0.2) is 24.5 Å². The van der Waals surface area contributed by atoms with Gasteiger partial charge in [0.1, 0.15) is 5.82 Å². The Labute approximate surface area is 145 Å². The largest absolute Gasteiger partial charge is 0.434 e. The van der Waals surface area contributed by atoms with Gasteiger partial charge >= 0.3 is 12.4 Å². The zero-order valence-electron chi connectivity index (χ0n) is 13.5. The SMILES string of the molecule is FC(F)(F)c1cn2c(n1)CCC(CNCc1ncccc1C(F)(F)F)C2. The van der Waals surface area contributed by atoms with Crippen LogP contribution in [0.1, 0.15) is 29.2 Å². The third kappa shape index (κ3) is 4.17. The molecule has 0 fully saturated rings. The monoisotopic (exact) mass is 378 g/mol. The maximum Gasteiger partial charge on any atom is 0.434 e. The van der Waals surface area contributed by atoms with E-state index in [9.17, 15) is 26.3 Å². The van der Waals surface area contributed by atoms with Crippen molar-refractivity contribution < 1.29 is 26.3 Å². The van der Waals surface area contributed by atoms with Gasteiger partial charge in [0, 0.05) is 38.4 Å². The van der Waals surface area contributed by atoms with Gasteiger partial charge in [-0.15, -0.1) is 0 Å². The minimum Gasteiger partial charge on any atom is -0.334 e. The molecule has 0 saturated carbocycles. The van der Waals surface area contributed by atoms with Crippen molar-refractivity contribution >= 4 is 0 Å². The van der Waals surface area contributed by atoms with E-state index in [-0.39, 0.29) is 18.2 Å². The summed E-state index contributed by atoms with van der Waals surface area (Å²) in [6.45, 7) is 0.670. The molecule has 1 aliphatic rings. The fourth-order valence-corrected chi connectivity index (χ4v) is 3.05. The van der Waals surface area contributed by atoms with Crippen LogP contribution in [0.4, 0.5) is 26.3 Å².